The molecule has 0 saturated carbocycles. The van der Waals surface area contributed by atoms with Gasteiger partial charge in [-0.1, -0.05) is 26.0 Å². The summed E-state index contributed by atoms with van der Waals surface area (Å²) in [6, 6.07) is 8.07. The molecule has 16 heavy (non-hydrogen) atoms. The third-order valence-electron chi connectivity index (χ3n) is 2.20. The largest absolute Gasteiger partial charge is 0.492 e. The molecule has 4 heteroatoms. The summed E-state index contributed by atoms with van der Waals surface area (Å²) in [5.41, 5.74) is 11.7. The maximum atomic E-state index is 5.47. The van der Waals surface area contributed by atoms with Gasteiger partial charge in [-0.2, -0.15) is 0 Å². The van der Waals surface area contributed by atoms with E-state index in [2.05, 4.69) is 31.0 Å². The molecular formula is C12H19N3O. The van der Waals surface area contributed by atoms with Crippen molar-refractivity contribution in [3.8, 4) is 5.75 Å². The van der Waals surface area contributed by atoms with Gasteiger partial charge in [0.25, 0.3) is 0 Å². The predicted molar refractivity (Wildman–Crippen MR) is 66.7 cm³/mol. The standard InChI is InChI=1S/C12H19N3O/c1-9(2)10-3-5-11(6-4-10)16-8-7-15-12(13)14/h3-6,9H,7-8H2,1-2H3,(H4,13,14,15). The number of nitrogens with two attached hydrogens (primary N) is 2. The van der Waals surface area contributed by atoms with E-state index in [9.17, 15) is 0 Å². The summed E-state index contributed by atoms with van der Waals surface area (Å²) in [7, 11) is 0. The Balaban J connectivity index is 2.41. The van der Waals surface area contributed by atoms with Crippen LogP contribution in [0.5, 0.6) is 5.75 Å². The van der Waals surface area contributed by atoms with E-state index >= 15 is 0 Å². The van der Waals surface area contributed by atoms with Crippen LogP contribution in [-0.2, 0) is 0 Å². The second-order valence-corrected chi connectivity index (χ2v) is 3.88. The number of aliphatic imine (C=N–C) groups is 1. The van der Waals surface area contributed by atoms with Crippen molar-refractivity contribution in [2.24, 2.45) is 16.5 Å². The van der Waals surface area contributed by atoms with Crippen molar-refractivity contribution in [2.75, 3.05) is 13.2 Å². The fraction of sp³-hybridized carbons (Fsp3) is 0.417. The molecule has 0 aliphatic carbocycles. The average molecular weight is 221 g/mol. The summed E-state index contributed by atoms with van der Waals surface area (Å²) >= 11 is 0. The minimum atomic E-state index is 0.0961. The molecule has 0 spiro atoms. The van der Waals surface area contributed by atoms with Gasteiger partial charge in [0.05, 0.1) is 6.54 Å². The van der Waals surface area contributed by atoms with Crippen molar-refractivity contribution in [2.45, 2.75) is 19.8 Å². The van der Waals surface area contributed by atoms with Crippen LogP contribution in [0.1, 0.15) is 25.3 Å². The summed E-state index contributed by atoms with van der Waals surface area (Å²) in [5.74, 6) is 1.48. The molecule has 0 aromatic heterocycles. The summed E-state index contributed by atoms with van der Waals surface area (Å²) in [5, 5.41) is 0. The van der Waals surface area contributed by atoms with Gasteiger partial charge in [0.2, 0.25) is 0 Å². The van der Waals surface area contributed by atoms with Gasteiger partial charge in [-0.25, -0.2) is 0 Å². The maximum Gasteiger partial charge on any atom is 0.186 e. The van der Waals surface area contributed by atoms with Gasteiger partial charge in [-0.3, -0.25) is 4.99 Å². The summed E-state index contributed by atoms with van der Waals surface area (Å²) in [4.78, 5) is 3.83. The molecule has 0 bridgehead atoms. The van der Waals surface area contributed by atoms with Crippen molar-refractivity contribution >= 4 is 5.96 Å². The number of benzene rings is 1. The van der Waals surface area contributed by atoms with Gasteiger partial charge in [-0.15, -0.1) is 0 Å². The van der Waals surface area contributed by atoms with Crippen molar-refractivity contribution in [1.29, 1.82) is 0 Å². The molecule has 0 radical (unpaired) electrons. The Morgan fingerprint density at radius 1 is 1.25 bits per heavy atom. The van der Waals surface area contributed by atoms with Crippen LogP contribution in [0.25, 0.3) is 0 Å². The topological polar surface area (TPSA) is 73.6 Å². The Morgan fingerprint density at radius 2 is 1.88 bits per heavy atom. The second kappa shape index (κ2) is 6.00. The molecule has 0 fully saturated rings. The Hall–Kier alpha value is -1.71. The Morgan fingerprint density at radius 3 is 2.38 bits per heavy atom. The van der Waals surface area contributed by atoms with Crippen molar-refractivity contribution in [1.82, 2.24) is 0 Å². The zero-order chi connectivity index (χ0) is 12.0. The minimum Gasteiger partial charge on any atom is -0.492 e. The molecule has 0 aliphatic heterocycles. The summed E-state index contributed by atoms with van der Waals surface area (Å²) < 4.78 is 5.47. The molecule has 0 aliphatic rings. The number of guanidine groups is 1. The number of hydrogen-bond donors (Lipinski definition) is 2. The van der Waals surface area contributed by atoms with E-state index < -0.39 is 0 Å². The third-order valence-corrected chi connectivity index (χ3v) is 2.20. The Bertz CT molecular complexity index is 340. The van der Waals surface area contributed by atoms with Gasteiger partial charge in [-0.05, 0) is 23.6 Å². The first-order valence-corrected chi connectivity index (χ1v) is 5.37. The predicted octanol–water partition coefficient (Wildman–Crippen LogP) is 1.46. The van der Waals surface area contributed by atoms with Gasteiger partial charge < -0.3 is 16.2 Å². The van der Waals surface area contributed by atoms with E-state index in [1.54, 1.807) is 0 Å². The zero-order valence-corrected chi connectivity index (χ0v) is 9.81. The third kappa shape index (κ3) is 4.21. The first-order chi connectivity index (χ1) is 7.59. The van der Waals surface area contributed by atoms with Crippen LogP contribution in [0.4, 0.5) is 0 Å². The molecule has 1 rings (SSSR count). The van der Waals surface area contributed by atoms with Crippen LogP contribution in [0, 0.1) is 0 Å². The summed E-state index contributed by atoms with van der Waals surface area (Å²) in [6.07, 6.45) is 0. The molecule has 88 valence electrons. The molecule has 4 nitrogen and oxygen atoms in total. The Kier molecular flexibility index (Phi) is 4.64. The molecule has 1 aromatic rings. The molecule has 0 saturated heterocycles. The van der Waals surface area contributed by atoms with E-state index in [4.69, 9.17) is 16.2 Å². The van der Waals surface area contributed by atoms with E-state index in [1.165, 1.54) is 5.56 Å². The maximum absolute atomic E-state index is 5.47. The van der Waals surface area contributed by atoms with Crippen molar-refractivity contribution in [3.63, 3.8) is 0 Å². The normalized spacial score (nSPS) is 10.2. The lowest BCUT2D eigenvalue weighted by Crippen LogP contribution is -2.23. The highest BCUT2D eigenvalue weighted by Crippen LogP contribution is 2.18. The highest BCUT2D eigenvalue weighted by molar-refractivity contribution is 5.75. The van der Waals surface area contributed by atoms with Crippen LogP contribution in [0.15, 0.2) is 29.3 Å². The lowest BCUT2D eigenvalue weighted by molar-refractivity contribution is 0.328. The highest BCUT2D eigenvalue weighted by atomic mass is 16.5. The quantitative estimate of drug-likeness (QED) is 0.449. The fourth-order valence-electron chi connectivity index (χ4n) is 1.29. The molecule has 0 atom stereocenters. The second-order valence-electron chi connectivity index (χ2n) is 3.88. The molecule has 0 unspecified atom stereocenters. The monoisotopic (exact) mass is 221 g/mol. The Labute approximate surface area is 96.3 Å². The van der Waals surface area contributed by atoms with E-state index in [1.807, 2.05) is 12.1 Å². The molecular weight excluding hydrogens is 202 g/mol. The molecule has 1 aromatic carbocycles. The van der Waals surface area contributed by atoms with Crippen LogP contribution in [0.2, 0.25) is 0 Å². The van der Waals surface area contributed by atoms with E-state index in [0.717, 1.165) is 5.75 Å². The van der Waals surface area contributed by atoms with Crippen LogP contribution in [-0.4, -0.2) is 19.1 Å². The van der Waals surface area contributed by atoms with E-state index in [0.29, 0.717) is 19.1 Å². The smallest absolute Gasteiger partial charge is 0.186 e. The molecule has 0 heterocycles. The SMILES string of the molecule is CC(C)c1ccc(OCCN=C(N)N)cc1. The van der Waals surface area contributed by atoms with E-state index in [-0.39, 0.29) is 5.96 Å². The zero-order valence-electron chi connectivity index (χ0n) is 9.81. The number of ether oxygens (including phenoxy) is 1. The van der Waals surface area contributed by atoms with Crippen molar-refractivity contribution in [3.05, 3.63) is 29.8 Å². The first kappa shape index (κ1) is 12.4. The van der Waals surface area contributed by atoms with Gasteiger partial charge in [0.1, 0.15) is 12.4 Å². The lowest BCUT2D eigenvalue weighted by Gasteiger charge is -2.07. The van der Waals surface area contributed by atoms with Crippen LogP contribution < -0.4 is 16.2 Å². The summed E-state index contributed by atoms with van der Waals surface area (Å²) in [6.45, 7) is 5.29. The minimum absolute atomic E-state index is 0.0961. The van der Waals surface area contributed by atoms with Crippen molar-refractivity contribution < 1.29 is 4.74 Å². The van der Waals surface area contributed by atoms with Gasteiger partial charge in [0.15, 0.2) is 5.96 Å². The molecule has 0 amide bonds. The fourth-order valence-corrected chi connectivity index (χ4v) is 1.29. The number of nitrogens with zero attached hydrogens (tertiary/aromatic N) is 1. The van der Waals surface area contributed by atoms with Crippen LogP contribution in [0.3, 0.4) is 0 Å². The average Bonchev–Trinajstić information content (AvgIpc) is 2.25. The highest BCUT2D eigenvalue weighted by Gasteiger charge is 1.98. The first-order valence-electron chi connectivity index (χ1n) is 5.37. The number of hydrogen-bond acceptors (Lipinski definition) is 2. The lowest BCUT2D eigenvalue weighted by atomic mass is 10.0. The number of rotatable bonds is 5. The molecule has 4 N–H and O–H groups in total. The van der Waals surface area contributed by atoms with Crippen LogP contribution >= 0.6 is 0 Å². The van der Waals surface area contributed by atoms with Gasteiger partial charge in [0, 0.05) is 0 Å². The van der Waals surface area contributed by atoms with Gasteiger partial charge >= 0.3 is 0 Å².